The van der Waals surface area contributed by atoms with Gasteiger partial charge in [-0.3, -0.25) is 0 Å². The first-order valence-corrected chi connectivity index (χ1v) is 10.5. The van der Waals surface area contributed by atoms with Crippen LogP contribution >= 0.6 is 11.6 Å². The Morgan fingerprint density at radius 1 is 1.26 bits per heavy atom. The highest BCUT2D eigenvalue weighted by Crippen LogP contribution is 2.51. The second kappa shape index (κ2) is 11.7. The van der Waals surface area contributed by atoms with Crippen LogP contribution in [0.15, 0.2) is 47.1 Å². The van der Waals surface area contributed by atoms with Gasteiger partial charge in [-0.15, -0.1) is 0 Å². The third kappa shape index (κ3) is 4.82. The molecule has 182 valence electrons. The molecule has 0 radical (unpaired) electrons. The highest BCUT2D eigenvalue weighted by Gasteiger charge is 2.59. The van der Waals surface area contributed by atoms with Crippen LogP contribution in [0, 0.1) is 5.92 Å². The molecule has 0 aliphatic heterocycles. The van der Waals surface area contributed by atoms with E-state index in [-0.39, 0.29) is 41.5 Å². The molecular weight excluding hydrogens is 470 g/mol. The molecule has 1 aliphatic carbocycles. The highest BCUT2D eigenvalue weighted by atomic mass is 35.5. The summed E-state index contributed by atoms with van der Waals surface area (Å²) in [5, 5.41) is 20.7. The maximum atomic E-state index is 13.0. The Hall–Kier alpha value is -3.27. The zero-order chi connectivity index (χ0) is 25.5. The van der Waals surface area contributed by atoms with Gasteiger partial charge in [0.25, 0.3) is 0 Å². The highest BCUT2D eigenvalue weighted by molar-refractivity contribution is 6.33. The molecule has 2 rings (SSSR count). The lowest BCUT2D eigenvalue weighted by atomic mass is 9.66. The van der Waals surface area contributed by atoms with E-state index in [0.29, 0.717) is 0 Å². The first-order chi connectivity index (χ1) is 16.2. The molecule has 2 atom stereocenters. The smallest absolute Gasteiger partial charge is 0.341 e. The minimum atomic E-state index is -2.45. The van der Waals surface area contributed by atoms with E-state index in [4.69, 9.17) is 31.5 Å². The number of carboxylic acids is 2. The Morgan fingerprint density at radius 2 is 1.94 bits per heavy atom. The maximum absolute atomic E-state index is 13.0. The summed E-state index contributed by atoms with van der Waals surface area (Å²) in [6.45, 7) is 0.918. The van der Waals surface area contributed by atoms with Gasteiger partial charge in [-0.2, -0.15) is 0 Å². The van der Waals surface area contributed by atoms with Crippen molar-refractivity contribution in [1.29, 1.82) is 0 Å². The molecule has 10 nitrogen and oxygen atoms in total. The number of benzene rings is 1. The molecule has 0 heterocycles. The molecule has 11 heteroatoms. The monoisotopic (exact) mass is 493 g/mol. The summed E-state index contributed by atoms with van der Waals surface area (Å²) in [7, 11) is 1.03. The van der Waals surface area contributed by atoms with Crippen LogP contribution in [0.4, 0.5) is 0 Å². The van der Waals surface area contributed by atoms with Gasteiger partial charge < -0.3 is 30.2 Å². The number of allylic oxidation sites excluding steroid dienone is 1. The topological polar surface area (TPSA) is 162 Å². The van der Waals surface area contributed by atoms with Gasteiger partial charge in [-0.05, 0) is 13.0 Å². The number of hydrogen-bond acceptors (Lipinski definition) is 8. The van der Waals surface area contributed by atoms with Crippen LogP contribution in [0.25, 0.3) is 5.57 Å². The number of aliphatic carboxylic acids is 2. The van der Waals surface area contributed by atoms with Gasteiger partial charge in [-0.1, -0.05) is 29.8 Å². The summed E-state index contributed by atoms with van der Waals surface area (Å²) >= 11 is 6.40. The quantitative estimate of drug-likeness (QED) is 0.234. The number of carbonyl (C=O) groups is 3. The second-order valence-electron chi connectivity index (χ2n) is 7.01. The van der Waals surface area contributed by atoms with Crippen LogP contribution in [0.3, 0.4) is 0 Å². The van der Waals surface area contributed by atoms with E-state index >= 15 is 0 Å². The first-order valence-electron chi connectivity index (χ1n) is 10.1. The summed E-state index contributed by atoms with van der Waals surface area (Å²) in [5.41, 5.74) is 1.35. The minimum Gasteiger partial charge on any atom is -0.479 e. The molecule has 0 bridgehead atoms. The largest absolute Gasteiger partial charge is 0.479 e. The maximum Gasteiger partial charge on any atom is 0.341 e. The molecule has 1 aliphatic rings. The van der Waals surface area contributed by atoms with Crippen molar-refractivity contribution < 1.29 is 43.6 Å². The van der Waals surface area contributed by atoms with Crippen molar-refractivity contribution in [1.82, 2.24) is 0 Å². The van der Waals surface area contributed by atoms with Crippen molar-refractivity contribution in [2.24, 2.45) is 11.7 Å². The van der Waals surface area contributed by atoms with E-state index in [9.17, 15) is 29.4 Å². The molecule has 1 aromatic carbocycles. The van der Waals surface area contributed by atoms with Crippen molar-refractivity contribution in [2.45, 2.75) is 12.5 Å². The first kappa shape index (κ1) is 27.0. The van der Waals surface area contributed by atoms with Crippen LogP contribution in [0.5, 0.6) is 0 Å². The van der Waals surface area contributed by atoms with Crippen LogP contribution in [0.1, 0.15) is 12.5 Å². The van der Waals surface area contributed by atoms with Crippen LogP contribution in [0.2, 0.25) is 5.02 Å². The van der Waals surface area contributed by atoms with E-state index in [0.717, 1.165) is 13.2 Å². The summed E-state index contributed by atoms with van der Waals surface area (Å²) in [6, 6.07) is 6.04. The fourth-order valence-electron chi connectivity index (χ4n) is 4.01. The van der Waals surface area contributed by atoms with E-state index in [1.165, 1.54) is 25.0 Å². The third-order valence-corrected chi connectivity index (χ3v) is 5.55. The van der Waals surface area contributed by atoms with E-state index in [2.05, 4.69) is 0 Å². The number of methoxy groups -OCH3 is 1. The van der Waals surface area contributed by atoms with Gasteiger partial charge in [0.2, 0.25) is 5.60 Å². The lowest BCUT2D eigenvalue weighted by Crippen LogP contribution is -2.55. The zero-order valence-corrected chi connectivity index (χ0v) is 19.3. The lowest BCUT2D eigenvalue weighted by Gasteiger charge is -2.43. The van der Waals surface area contributed by atoms with Crippen molar-refractivity contribution in [3.8, 4) is 0 Å². The Morgan fingerprint density at radius 3 is 2.44 bits per heavy atom. The summed E-state index contributed by atoms with van der Waals surface area (Å²) in [5.74, 6) is -4.33. The average Bonchev–Trinajstić information content (AvgIpc) is 2.80. The predicted octanol–water partition coefficient (Wildman–Crippen LogP) is 1.50. The molecule has 0 fully saturated rings. The van der Waals surface area contributed by atoms with Crippen LogP contribution in [-0.2, 0) is 33.4 Å². The van der Waals surface area contributed by atoms with E-state index < -0.39 is 47.2 Å². The number of carboxylic acid groups (broad SMARTS) is 2. The molecule has 0 aromatic heterocycles. The number of esters is 1. The SMILES string of the molecule is CCOC1(C(=O)O)C(c2ccccc2Cl)=C(C(=O)OC)C(C=C=O)=C(C(=O)O)C1COCCN. The summed E-state index contributed by atoms with van der Waals surface area (Å²) in [6.07, 6.45) is 0.736. The normalized spacial score (nSPS) is 20.1. The van der Waals surface area contributed by atoms with Crippen molar-refractivity contribution in [3.05, 3.63) is 57.6 Å². The molecule has 4 N–H and O–H groups in total. The van der Waals surface area contributed by atoms with Gasteiger partial charge in [-0.25, -0.2) is 19.2 Å². The molecule has 0 amide bonds. The average molecular weight is 494 g/mol. The number of hydrogen-bond donors (Lipinski definition) is 3. The van der Waals surface area contributed by atoms with Gasteiger partial charge in [0.1, 0.15) is 5.94 Å². The molecule has 1 aromatic rings. The fraction of sp³-hybridized carbons (Fsp3) is 0.348. The number of ether oxygens (including phenoxy) is 3. The van der Waals surface area contributed by atoms with Gasteiger partial charge in [0.15, 0.2) is 0 Å². The molecule has 0 saturated carbocycles. The standard InChI is InChI=1S/C23H24ClNO9/c1-3-34-23(22(30)31)15(12-33-11-9-25)17(20(27)28)14(8-10-26)18(21(29)32-2)19(23)13-6-4-5-7-16(13)24/h4-8,15H,3,9,11-12,25H2,1-2H3,(H,27,28)(H,30,31). The van der Waals surface area contributed by atoms with Gasteiger partial charge >= 0.3 is 17.9 Å². The van der Waals surface area contributed by atoms with E-state index in [1.807, 2.05) is 0 Å². The zero-order valence-electron chi connectivity index (χ0n) is 18.5. The molecule has 0 saturated heterocycles. The third-order valence-electron chi connectivity index (χ3n) is 5.22. The number of carbonyl (C=O) groups excluding carboxylic acids is 2. The van der Waals surface area contributed by atoms with Crippen molar-refractivity contribution in [3.63, 3.8) is 0 Å². The van der Waals surface area contributed by atoms with Crippen molar-refractivity contribution >= 4 is 41.0 Å². The molecular formula is C23H24ClNO9. The van der Waals surface area contributed by atoms with Crippen LogP contribution < -0.4 is 5.73 Å². The molecule has 34 heavy (non-hydrogen) atoms. The Balaban J connectivity index is 3.20. The summed E-state index contributed by atoms with van der Waals surface area (Å²) < 4.78 is 16.1. The van der Waals surface area contributed by atoms with Gasteiger partial charge in [0, 0.05) is 41.0 Å². The van der Waals surface area contributed by atoms with Crippen molar-refractivity contribution in [2.75, 3.05) is 33.5 Å². The predicted molar refractivity (Wildman–Crippen MR) is 121 cm³/mol. The Kier molecular flexibility index (Phi) is 9.31. The Labute approximate surface area is 200 Å². The number of rotatable bonds is 11. The Bertz CT molecular complexity index is 1090. The molecule has 0 spiro atoms. The number of halogens is 1. The summed E-state index contributed by atoms with van der Waals surface area (Å²) in [4.78, 5) is 49.8. The number of nitrogens with two attached hydrogens (primary N) is 1. The lowest BCUT2D eigenvalue weighted by molar-refractivity contribution is -0.165. The van der Waals surface area contributed by atoms with E-state index in [1.54, 1.807) is 12.1 Å². The van der Waals surface area contributed by atoms with Gasteiger partial charge in [0.05, 0.1) is 37.4 Å². The minimum absolute atomic E-state index is 0.0148. The van der Waals surface area contributed by atoms with Crippen LogP contribution in [-0.4, -0.2) is 73.1 Å². The molecule has 2 unspecified atom stereocenters. The second-order valence-corrected chi connectivity index (χ2v) is 7.41. The fourth-order valence-corrected chi connectivity index (χ4v) is 4.24.